The van der Waals surface area contributed by atoms with E-state index in [-0.39, 0.29) is 12.3 Å². The van der Waals surface area contributed by atoms with Crippen molar-refractivity contribution in [2.45, 2.75) is 13.0 Å². The highest BCUT2D eigenvalue weighted by molar-refractivity contribution is 6.08. The molecule has 1 aromatic carbocycles. The van der Waals surface area contributed by atoms with Gasteiger partial charge < -0.3 is 14.4 Å². The summed E-state index contributed by atoms with van der Waals surface area (Å²) in [4.78, 5) is 41.8. The van der Waals surface area contributed by atoms with Crippen LogP contribution in [-0.2, 0) is 19.1 Å². The van der Waals surface area contributed by atoms with E-state index in [4.69, 9.17) is 9.47 Å². The predicted octanol–water partition coefficient (Wildman–Crippen LogP) is 0.633. The largest absolute Gasteiger partial charge is 0.465 e. The fourth-order valence-electron chi connectivity index (χ4n) is 3.03. The van der Waals surface area contributed by atoms with Crippen LogP contribution in [0.4, 0.5) is 5.69 Å². The second kappa shape index (κ2) is 8.12. The number of nitro groups is 1. The number of carbonyl (C=O) groups is 2. The lowest BCUT2D eigenvalue weighted by Gasteiger charge is -2.35. The third-order valence-corrected chi connectivity index (χ3v) is 4.39. The molecule has 0 bridgehead atoms. The topological polar surface area (TPSA) is 123 Å². The number of hydrogen-bond acceptors (Lipinski definition) is 8. The molecule has 2 aliphatic rings. The summed E-state index contributed by atoms with van der Waals surface area (Å²) in [6, 6.07) is 4.85. The molecule has 0 aromatic heterocycles. The van der Waals surface area contributed by atoms with Gasteiger partial charge in [-0.15, -0.1) is 0 Å². The monoisotopic (exact) mass is 376 g/mol. The minimum Gasteiger partial charge on any atom is -0.465 e. The van der Waals surface area contributed by atoms with Gasteiger partial charge in [0.2, 0.25) is 11.9 Å². The number of nitrogens with one attached hydrogen (secondary N) is 1. The minimum atomic E-state index is -1.16. The maximum Gasteiger partial charge on any atom is 0.321 e. The molecule has 10 nitrogen and oxygen atoms in total. The van der Waals surface area contributed by atoms with Crippen molar-refractivity contribution in [3.8, 4) is 0 Å². The zero-order valence-corrected chi connectivity index (χ0v) is 14.8. The van der Waals surface area contributed by atoms with E-state index in [9.17, 15) is 19.7 Å². The third-order valence-electron chi connectivity index (χ3n) is 4.39. The molecule has 1 fully saturated rings. The first-order valence-corrected chi connectivity index (χ1v) is 8.63. The third kappa shape index (κ3) is 4.05. The van der Waals surface area contributed by atoms with Gasteiger partial charge in [0, 0.05) is 25.2 Å². The van der Waals surface area contributed by atoms with Crippen LogP contribution in [0.2, 0.25) is 0 Å². The molecule has 1 N–H and O–H groups in total. The molecule has 27 heavy (non-hydrogen) atoms. The number of ether oxygens (including phenoxy) is 2. The zero-order valence-electron chi connectivity index (χ0n) is 14.8. The number of carbonyl (C=O) groups excluding carboxylic acids is 2. The van der Waals surface area contributed by atoms with Crippen molar-refractivity contribution in [2.75, 3.05) is 32.9 Å². The minimum absolute atomic E-state index is 0.0796. The Morgan fingerprint density at radius 2 is 2.04 bits per heavy atom. The summed E-state index contributed by atoms with van der Waals surface area (Å²) in [6.45, 7) is 3.95. The van der Waals surface area contributed by atoms with E-state index in [1.54, 1.807) is 6.92 Å². The van der Waals surface area contributed by atoms with Gasteiger partial charge in [-0.1, -0.05) is 12.1 Å². The SMILES string of the molecule is CCOC(=O)C1C(=O)NC(N2CCOCC2)=NC1c1ccc([N+](=O)[O-])cc1. The van der Waals surface area contributed by atoms with Gasteiger partial charge in [-0.05, 0) is 12.5 Å². The number of aliphatic imine (C=N–C) groups is 1. The van der Waals surface area contributed by atoms with E-state index in [1.807, 2.05) is 4.90 Å². The number of hydrogen-bond donors (Lipinski definition) is 1. The fraction of sp³-hybridized carbons (Fsp3) is 0.471. The number of benzene rings is 1. The molecule has 2 unspecified atom stereocenters. The molecule has 0 radical (unpaired) electrons. The Bertz CT molecular complexity index is 757. The Kier molecular flexibility index (Phi) is 5.65. The molecule has 0 spiro atoms. The van der Waals surface area contributed by atoms with Gasteiger partial charge in [0.1, 0.15) is 6.04 Å². The van der Waals surface area contributed by atoms with Crippen molar-refractivity contribution in [3.05, 3.63) is 39.9 Å². The Morgan fingerprint density at radius 1 is 1.37 bits per heavy atom. The molecule has 0 aliphatic carbocycles. The van der Waals surface area contributed by atoms with E-state index in [1.165, 1.54) is 24.3 Å². The number of amides is 1. The van der Waals surface area contributed by atoms with E-state index < -0.39 is 28.8 Å². The first-order chi connectivity index (χ1) is 13.0. The Balaban J connectivity index is 1.96. The summed E-state index contributed by atoms with van der Waals surface area (Å²) < 4.78 is 10.3. The number of nitrogens with zero attached hydrogens (tertiary/aromatic N) is 3. The molecule has 144 valence electrons. The lowest BCUT2D eigenvalue weighted by atomic mass is 9.91. The van der Waals surface area contributed by atoms with Crippen LogP contribution in [0.5, 0.6) is 0 Å². The number of non-ortho nitro benzene ring substituents is 1. The molecule has 2 heterocycles. The Labute approximate surface area is 155 Å². The molecule has 1 aromatic rings. The van der Waals surface area contributed by atoms with Gasteiger partial charge in [-0.2, -0.15) is 0 Å². The average Bonchev–Trinajstić information content (AvgIpc) is 2.68. The summed E-state index contributed by atoms with van der Waals surface area (Å²) >= 11 is 0. The van der Waals surface area contributed by atoms with Crippen LogP contribution in [0.15, 0.2) is 29.3 Å². The van der Waals surface area contributed by atoms with Gasteiger partial charge in [-0.3, -0.25) is 25.0 Å². The number of nitro benzene ring substituents is 1. The molecule has 1 amide bonds. The number of guanidine groups is 1. The van der Waals surface area contributed by atoms with E-state index in [2.05, 4.69) is 10.3 Å². The first-order valence-electron chi connectivity index (χ1n) is 8.63. The number of morpholine rings is 1. The van der Waals surface area contributed by atoms with Crippen LogP contribution in [0.3, 0.4) is 0 Å². The lowest BCUT2D eigenvalue weighted by molar-refractivity contribution is -0.384. The van der Waals surface area contributed by atoms with Crippen molar-refractivity contribution in [1.29, 1.82) is 0 Å². The quantitative estimate of drug-likeness (QED) is 0.354. The van der Waals surface area contributed by atoms with Gasteiger partial charge >= 0.3 is 5.97 Å². The first kappa shape index (κ1) is 18.8. The Hall–Kier alpha value is -3.01. The van der Waals surface area contributed by atoms with Gasteiger partial charge in [0.25, 0.3) is 5.69 Å². The highest BCUT2D eigenvalue weighted by Gasteiger charge is 2.42. The van der Waals surface area contributed by atoms with Crippen molar-refractivity contribution >= 4 is 23.5 Å². The van der Waals surface area contributed by atoms with Crippen LogP contribution in [0.25, 0.3) is 0 Å². The van der Waals surface area contributed by atoms with Crippen LogP contribution in [0.1, 0.15) is 18.5 Å². The highest BCUT2D eigenvalue weighted by Crippen LogP contribution is 2.32. The average molecular weight is 376 g/mol. The van der Waals surface area contributed by atoms with Gasteiger partial charge in [0.05, 0.1) is 24.7 Å². The van der Waals surface area contributed by atoms with Gasteiger partial charge in [-0.25, -0.2) is 4.99 Å². The van der Waals surface area contributed by atoms with Crippen molar-refractivity contribution in [1.82, 2.24) is 10.2 Å². The van der Waals surface area contributed by atoms with E-state index in [0.29, 0.717) is 37.8 Å². The Morgan fingerprint density at radius 3 is 2.63 bits per heavy atom. The van der Waals surface area contributed by atoms with Crippen LogP contribution in [-0.4, -0.2) is 60.6 Å². The summed E-state index contributed by atoms with van der Waals surface area (Å²) in [7, 11) is 0. The molecule has 3 rings (SSSR count). The maximum absolute atomic E-state index is 12.7. The highest BCUT2D eigenvalue weighted by atomic mass is 16.6. The molecule has 2 aliphatic heterocycles. The summed E-state index contributed by atoms with van der Waals surface area (Å²) in [6.07, 6.45) is 0. The van der Waals surface area contributed by atoms with Crippen molar-refractivity contribution in [2.24, 2.45) is 10.9 Å². The van der Waals surface area contributed by atoms with Gasteiger partial charge in [0.15, 0.2) is 5.92 Å². The molecule has 0 saturated carbocycles. The van der Waals surface area contributed by atoms with Crippen LogP contribution >= 0.6 is 0 Å². The van der Waals surface area contributed by atoms with E-state index in [0.717, 1.165) is 0 Å². The normalized spacial score (nSPS) is 22.6. The second-order valence-corrected chi connectivity index (χ2v) is 6.06. The van der Waals surface area contributed by atoms with Crippen molar-refractivity contribution < 1.29 is 24.0 Å². The second-order valence-electron chi connectivity index (χ2n) is 6.06. The van der Waals surface area contributed by atoms with E-state index >= 15 is 0 Å². The zero-order chi connectivity index (χ0) is 19.4. The molecule has 2 atom stereocenters. The predicted molar refractivity (Wildman–Crippen MR) is 93.9 cm³/mol. The standard InChI is InChI=1S/C17H20N4O6/c1-2-27-16(23)13-14(11-3-5-12(6-4-11)21(24)25)18-17(19-15(13)22)20-7-9-26-10-8-20/h3-6,13-14H,2,7-10H2,1H3,(H,18,19,22). The number of esters is 1. The summed E-state index contributed by atoms with van der Waals surface area (Å²) in [5.41, 5.74) is 0.448. The summed E-state index contributed by atoms with van der Waals surface area (Å²) in [5, 5.41) is 13.6. The lowest BCUT2D eigenvalue weighted by Crippen LogP contribution is -2.55. The van der Waals surface area contributed by atoms with Crippen molar-refractivity contribution in [3.63, 3.8) is 0 Å². The molecular formula is C17H20N4O6. The van der Waals surface area contributed by atoms with Crippen LogP contribution < -0.4 is 5.32 Å². The maximum atomic E-state index is 12.7. The van der Waals surface area contributed by atoms with Crippen LogP contribution in [0, 0.1) is 16.0 Å². The summed E-state index contributed by atoms with van der Waals surface area (Å²) in [5.74, 6) is -1.97. The molecular weight excluding hydrogens is 356 g/mol. The number of rotatable bonds is 4. The smallest absolute Gasteiger partial charge is 0.321 e. The fourth-order valence-corrected chi connectivity index (χ4v) is 3.03. The molecule has 1 saturated heterocycles. The molecule has 10 heteroatoms.